The van der Waals surface area contributed by atoms with Crippen LogP contribution in [0.2, 0.25) is 0 Å². The Morgan fingerprint density at radius 1 is 1.30 bits per heavy atom. The van der Waals surface area contributed by atoms with Gasteiger partial charge < -0.3 is 15.7 Å². The van der Waals surface area contributed by atoms with Gasteiger partial charge in [0.25, 0.3) is 5.91 Å². The molecule has 0 atom stereocenters. The van der Waals surface area contributed by atoms with Gasteiger partial charge in [-0.1, -0.05) is 12.1 Å². The van der Waals surface area contributed by atoms with Gasteiger partial charge in [-0.25, -0.2) is 0 Å². The second-order valence-corrected chi connectivity index (χ2v) is 4.98. The number of nitrogens with zero attached hydrogens (tertiary/aromatic N) is 4. The van der Waals surface area contributed by atoms with Crippen molar-refractivity contribution in [3.63, 3.8) is 0 Å². The molecule has 0 spiro atoms. The van der Waals surface area contributed by atoms with E-state index in [0.29, 0.717) is 42.9 Å². The third-order valence-corrected chi connectivity index (χ3v) is 3.47. The normalized spacial score (nSPS) is 10.3. The number of amides is 1. The van der Waals surface area contributed by atoms with Crippen molar-refractivity contribution in [2.45, 2.75) is 19.8 Å². The predicted molar refractivity (Wildman–Crippen MR) is 88.7 cm³/mol. The summed E-state index contributed by atoms with van der Waals surface area (Å²) in [5.41, 5.74) is 1.62. The Morgan fingerprint density at radius 3 is 2.65 bits per heavy atom. The maximum absolute atomic E-state index is 12.8. The number of aromatic nitrogens is 3. The van der Waals surface area contributed by atoms with E-state index in [1.165, 1.54) is 11.0 Å². The second kappa shape index (κ2) is 7.98. The molecule has 0 bridgehead atoms. The molecule has 0 aliphatic heterocycles. The topological polar surface area (TPSA) is 98.7 Å². The molecule has 0 aliphatic carbocycles. The molecular formula is C16H20N6O. The standard InChI is InChI=1S/C16H20N6O/c1-2-21(12-8-13(18)7-9-17)16(23)14-5-3-4-6-15(14)22-19-10-11-20-22/h3-6,9-11,17-18H,2,7-8,12H2,1H3. The summed E-state index contributed by atoms with van der Waals surface area (Å²) in [5.74, 6) is -0.108. The first-order valence-corrected chi connectivity index (χ1v) is 7.47. The van der Waals surface area contributed by atoms with E-state index in [9.17, 15) is 4.79 Å². The fourth-order valence-electron chi connectivity index (χ4n) is 2.24. The SMILES string of the molecule is CCN(CCC(=N)CC=N)C(=O)c1ccccc1-n1nccn1. The van der Waals surface area contributed by atoms with E-state index in [1.807, 2.05) is 19.1 Å². The lowest BCUT2D eigenvalue weighted by Crippen LogP contribution is -2.33. The van der Waals surface area contributed by atoms with Crippen LogP contribution in [-0.4, -0.2) is 50.8 Å². The molecule has 0 unspecified atom stereocenters. The summed E-state index contributed by atoms with van der Waals surface area (Å²) >= 11 is 0. The van der Waals surface area contributed by atoms with Crippen molar-refractivity contribution in [3.8, 4) is 5.69 Å². The van der Waals surface area contributed by atoms with Crippen molar-refractivity contribution in [2.24, 2.45) is 0 Å². The Bertz CT molecular complexity index is 680. The summed E-state index contributed by atoms with van der Waals surface area (Å²) in [6.07, 6.45) is 5.14. The highest BCUT2D eigenvalue weighted by Gasteiger charge is 2.19. The molecule has 23 heavy (non-hydrogen) atoms. The van der Waals surface area contributed by atoms with Crippen LogP contribution >= 0.6 is 0 Å². The van der Waals surface area contributed by atoms with Gasteiger partial charge in [-0.05, 0) is 19.1 Å². The van der Waals surface area contributed by atoms with Crippen LogP contribution in [0.3, 0.4) is 0 Å². The van der Waals surface area contributed by atoms with Crippen LogP contribution in [0.25, 0.3) is 5.69 Å². The molecule has 1 aromatic carbocycles. The summed E-state index contributed by atoms with van der Waals surface area (Å²) < 4.78 is 0. The molecule has 120 valence electrons. The fourth-order valence-corrected chi connectivity index (χ4v) is 2.24. The third kappa shape index (κ3) is 4.09. The smallest absolute Gasteiger partial charge is 0.256 e. The Labute approximate surface area is 134 Å². The van der Waals surface area contributed by atoms with Crippen molar-refractivity contribution < 1.29 is 4.79 Å². The summed E-state index contributed by atoms with van der Waals surface area (Å²) in [5, 5.41) is 23.0. The maximum Gasteiger partial charge on any atom is 0.256 e. The van der Waals surface area contributed by atoms with Crippen LogP contribution in [0.4, 0.5) is 0 Å². The molecule has 7 heteroatoms. The van der Waals surface area contributed by atoms with Crippen LogP contribution in [0.1, 0.15) is 30.1 Å². The van der Waals surface area contributed by atoms with Gasteiger partial charge in [0.1, 0.15) is 0 Å². The van der Waals surface area contributed by atoms with Crippen molar-refractivity contribution in [1.29, 1.82) is 10.8 Å². The van der Waals surface area contributed by atoms with E-state index in [2.05, 4.69) is 10.2 Å². The molecule has 0 aliphatic rings. The second-order valence-electron chi connectivity index (χ2n) is 4.98. The van der Waals surface area contributed by atoms with Crippen LogP contribution in [0.5, 0.6) is 0 Å². The number of carbonyl (C=O) groups excluding carboxylic acids is 1. The van der Waals surface area contributed by atoms with E-state index >= 15 is 0 Å². The average Bonchev–Trinajstić information content (AvgIpc) is 3.10. The van der Waals surface area contributed by atoms with Crippen LogP contribution in [-0.2, 0) is 0 Å². The zero-order valence-corrected chi connectivity index (χ0v) is 13.1. The molecule has 1 heterocycles. The van der Waals surface area contributed by atoms with Crippen LogP contribution in [0, 0.1) is 10.8 Å². The van der Waals surface area contributed by atoms with E-state index < -0.39 is 0 Å². The molecule has 2 N–H and O–H groups in total. The number of benzene rings is 1. The number of para-hydroxylation sites is 1. The highest BCUT2D eigenvalue weighted by molar-refractivity contribution is 5.98. The van der Waals surface area contributed by atoms with Crippen LogP contribution in [0.15, 0.2) is 36.7 Å². The average molecular weight is 312 g/mol. The molecule has 7 nitrogen and oxygen atoms in total. The van der Waals surface area contributed by atoms with Gasteiger partial charge in [-0.2, -0.15) is 15.0 Å². The highest BCUT2D eigenvalue weighted by Crippen LogP contribution is 2.15. The monoisotopic (exact) mass is 312 g/mol. The van der Waals surface area contributed by atoms with Crippen molar-refractivity contribution in [1.82, 2.24) is 19.9 Å². The van der Waals surface area contributed by atoms with E-state index in [4.69, 9.17) is 10.8 Å². The first-order chi connectivity index (χ1) is 11.2. The van der Waals surface area contributed by atoms with E-state index in [0.717, 1.165) is 0 Å². The van der Waals surface area contributed by atoms with Gasteiger partial charge in [0.2, 0.25) is 0 Å². The lowest BCUT2D eigenvalue weighted by Gasteiger charge is -2.22. The summed E-state index contributed by atoms with van der Waals surface area (Å²) in [7, 11) is 0. The largest absolute Gasteiger partial charge is 0.338 e. The van der Waals surface area contributed by atoms with Gasteiger partial charge in [0.15, 0.2) is 0 Å². The maximum atomic E-state index is 12.8. The first-order valence-electron chi connectivity index (χ1n) is 7.47. The van der Waals surface area contributed by atoms with E-state index in [1.54, 1.807) is 29.4 Å². The zero-order chi connectivity index (χ0) is 16.7. The van der Waals surface area contributed by atoms with Gasteiger partial charge in [0, 0.05) is 37.9 Å². The minimum atomic E-state index is -0.108. The highest BCUT2D eigenvalue weighted by atomic mass is 16.2. The Kier molecular flexibility index (Phi) is 5.74. The molecule has 1 aromatic heterocycles. The molecule has 0 radical (unpaired) electrons. The Balaban J connectivity index is 2.18. The number of hydrogen-bond donors (Lipinski definition) is 2. The minimum absolute atomic E-state index is 0.108. The van der Waals surface area contributed by atoms with Crippen LogP contribution < -0.4 is 0 Å². The van der Waals surface area contributed by atoms with Gasteiger partial charge in [-0.15, -0.1) is 0 Å². The van der Waals surface area contributed by atoms with Crippen molar-refractivity contribution in [2.75, 3.05) is 13.1 Å². The van der Waals surface area contributed by atoms with Crippen molar-refractivity contribution in [3.05, 3.63) is 42.2 Å². The molecule has 0 saturated carbocycles. The molecule has 0 fully saturated rings. The molecule has 2 aromatic rings. The summed E-state index contributed by atoms with van der Waals surface area (Å²) in [4.78, 5) is 15.9. The van der Waals surface area contributed by atoms with E-state index in [-0.39, 0.29) is 5.91 Å². The Morgan fingerprint density at radius 2 is 2.00 bits per heavy atom. The summed E-state index contributed by atoms with van der Waals surface area (Å²) in [6.45, 7) is 2.92. The molecule has 0 saturated heterocycles. The Hall–Kier alpha value is -2.83. The lowest BCUT2D eigenvalue weighted by molar-refractivity contribution is 0.0768. The number of hydrogen-bond acceptors (Lipinski definition) is 5. The van der Waals surface area contributed by atoms with Gasteiger partial charge in [0.05, 0.1) is 23.6 Å². The number of carbonyl (C=O) groups is 1. The number of nitrogens with one attached hydrogen (secondary N) is 2. The molecule has 1 amide bonds. The molecular weight excluding hydrogens is 292 g/mol. The first kappa shape index (κ1) is 16.5. The quantitative estimate of drug-likeness (QED) is 0.731. The molecule has 2 rings (SSSR count). The number of rotatable bonds is 8. The third-order valence-electron chi connectivity index (χ3n) is 3.47. The lowest BCUT2D eigenvalue weighted by atomic mass is 10.1. The summed E-state index contributed by atoms with van der Waals surface area (Å²) in [6, 6.07) is 7.21. The fraction of sp³-hybridized carbons (Fsp3) is 0.312. The zero-order valence-electron chi connectivity index (χ0n) is 13.1. The minimum Gasteiger partial charge on any atom is -0.338 e. The van der Waals surface area contributed by atoms with Gasteiger partial charge in [-0.3, -0.25) is 4.79 Å². The van der Waals surface area contributed by atoms with Crippen molar-refractivity contribution >= 4 is 17.8 Å². The van der Waals surface area contributed by atoms with Gasteiger partial charge >= 0.3 is 0 Å². The predicted octanol–water partition coefficient (Wildman–Crippen LogP) is 2.18.